The summed E-state index contributed by atoms with van der Waals surface area (Å²) in [6.45, 7) is 1.54. The SMILES string of the molecule is COC(=O)COc1cccc(NC(=O)c2c(C)oc(-c3ccccc3)c2-c2ccc(OC)cc2)c1. The molecule has 0 saturated heterocycles. The zero-order valence-corrected chi connectivity index (χ0v) is 19.7. The third-order valence-electron chi connectivity index (χ3n) is 5.40. The topological polar surface area (TPSA) is 87.0 Å². The van der Waals surface area contributed by atoms with E-state index in [4.69, 9.17) is 13.9 Å². The highest BCUT2D eigenvalue weighted by Crippen LogP contribution is 2.40. The highest BCUT2D eigenvalue weighted by molar-refractivity contribution is 6.11. The van der Waals surface area contributed by atoms with Crippen LogP contribution in [0, 0.1) is 6.92 Å². The van der Waals surface area contributed by atoms with Crippen molar-refractivity contribution in [3.05, 3.63) is 90.2 Å². The molecule has 0 aliphatic rings. The van der Waals surface area contributed by atoms with Gasteiger partial charge < -0.3 is 23.9 Å². The standard InChI is InChI=1S/C28H25NO6/c1-18-25(28(31)29-21-10-7-11-23(16-21)34-17-24(30)33-3)26(19-12-14-22(32-2)15-13-19)27(35-18)20-8-5-4-6-9-20/h4-16H,17H2,1-3H3,(H,29,31). The number of hydrogen-bond donors (Lipinski definition) is 1. The number of furan rings is 1. The van der Waals surface area contributed by atoms with Crippen molar-refractivity contribution >= 4 is 17.6 Å². The summed E-state index contributed by atoms with van der Waals surface area (Å²) in [4.78, 5) is 24.9. The summed E-state index contributed by atoms with van der Waals surface area (Å²) in [5.74, 6) is 1.41. The maximum absolute atomic E-state index is 13.5. The number of ether oxygens (including phenoxy) is 3. The number of rotatable bonds is 8. The summed E-state index contributed by atoms with van der Waals surface area (Å²) in [6, 6.07) is 23.9. The van der Waals surface area contributed by atoms with Crippen molar-refractivity contribution in [1.29, 1.82) is 0 Å². The van der Waals surface area contributed by atoms with Crippen LogP contribution in [0.5, 0.6) is 11.5 Å². The van der Waals surface area contributed by atoms with Gasteiger partial charge in [0.1, 0.15) is 23.0 Å². The van der Waals surface area contributed by atoms with Crippen molar-refractivity contribution in [3.8, 4) is 33.9 Å². The minimum Gasteiger partial charge on any atom is -0.497 e. The second kappa shape index (κ2) is 10.6. The fourth-order valence-electron chi connectivity index (χ4n) is 3.70. The summed E-state index contributed by atoms with van der Waals surface area (Å²) in [6.07, 6.45) is 0. The molecule has 0 fully saturated rings. The van der Waals surface area contributed by atoms with E-state index in [1.165, 1.54) is 7.11 Å². The lowest BCUT2D eigenvalue weighted by atomic mass is 9.96. The van der Waals surface area contributed by atoms with Crippen LogP contribution in [0.2, 0.25) is 0 Å². The molecule has 1 aromatic heterocycles. The first-order valence-corrected chi connectivity index (χ1v) is 10.9. The summed E-state index contributed by atoms with van der Waals surface area (Å²) in [7, 11) is 2.90. The molecule has 0 spiro atoms. The molecule has 7 heteroatoms. The minimum atomic E-state index is -0.494. The van der Waals surface area contributed by atoms with Gasteiger partial charge in [0, 0.05) is 22.9 Å². The number of aryl methyl sites for hydroxylation is 1. The first-order chi connectivity index (χ1) is 17.0. The smallest absolute Gasteiger partial charge is 0.343 e. The van der Waals surface area contributed by atoms with E-state index in [0.717, 1.165) is 11.1 Å². The third-order valence-corrected chi connectivity index (χ3v) is 5.40. The lowest BCUT2D eigenvalue weighted by molar-refractivity contribution is -0.142. The first-order valence-electron chi connectivity index (χ1n) is 10.9. The zero-order chi connectivity index (χ0) is 24.8. The average Bonchev–Trinajstić information content (AvgIpc) is 3.25. The number of benzene rings is 3. The number of carbonyl (C=O) groups is 2. The monoisotopic (exact) mass is 471 g/mol. The average molecular weight is 472 g/mol. The van der Waals surface area contributed by atoms with Gasteiger partial charge >= 0.3 is 5.97 Å². The molecule has 3 aromatic carbocycles. The molecule has 0 aliphatic carbocycles. The van der Waals surface area contributed by atoms with Crippen LogP contribution in [-0.2, 0) is 9.53 Å². The molecular formula is C28H25NO6. The van der Waals surface area contributed by atoms with Gasteiger partial charge in [0.25, 0.3) is 5.91 Å². The molecule has 1 amide bonds. The molecule has 4 rings (SSSR count). The van der Waals surface area contributed by atoms with E-state index >= 15 is 0 Å². The summed E-state index contributed by atoms with van der Waals surface area (Å²) < 4.78 is 21.5. The predicted molar refractivity (Wildman–Crippen MR) is 133 cm³/mol. The van der Waals surface area contributed by atoms with Crippen LogP contribution in [0.1, 0.15) is 16.1 Å². The Morgan fingerprint density at radius 1 is 0.857 bits per heavy atom. The number of nitrogens with one attached hydrogen (secondary N) is 1. The second-order valence-corrected chi connectivity index (χ2v) is 7.68. The van der Waals surface area contributed by atoms with Crippen LogP contribution in [0.15, 0.2) is 83.3 Å². The zero-order valence-electron chi connectivity index (χ0n) is 19.7. The van der Waals surface area contributed by atoms with Crippen LogP contribution in [0.3, 0.4) is 0 Å². The van der Waals surface area contributed by atoms with Gasteiger partial charge in [0.05, 0.1) is 19.8 Å². The minimum absolute atomic E-state index is 0.225. The van der Waals surface area contributed by atoms with Crippen LogP contribution in [0.25, 0.3) is 22.5 Å². The fraction of sp³-hybridized carbons (Fsp3) is 0.143. The molecule has 1 N–H and O–H groups in total. The van der Waals surface area contributed by atoms with Gasteiger partial charge in [-0.1, -0.05) is 48.5 Å². The van der Waals surface area contributed by atoms with Gasteiger partial charge in [-0.2, -0.15) is 0 Å². The van der Waals surface area contributed by atoms with Crippen LogP contribution < -0.4 is 14.8 Å². The number of amides is 1. The molecule has 0 radical (unpaired) electrons. The van der Waals surface area contributed by atoms with Crippen molar-refractivity contribution in [2.45, 2.75) is 6.92 Å². The molecule has 0 bridgehead atoms. The van der Waals surface area contributed by atoms with E-state index in [9.17, 15) is 9.59 Å². The van der Waals surface area contributed by atoms with Gasteiger partial charge in [0.2, 0.25) is 0 Å². The fourth-order valence-corrected chi connectivity index (χ4v) is 3.70. The Bertz CT molecular complexity index is 1330. The normalized spacial score (nSPS) is 10.5. The van der Waals surface area contributed by atoms with Crippen molar-refractivity contribution in [2.75, 3.05) is 26.1 Å². The Hall–Kier alpha value is -4.52. The Kier molecular flexibility index (Phi) is 7.16. The van der Waals surface area contributed by atoms with E-state index in [1.54, 1.807) is 38.3 Å². The summed E-state index contributed by atoms with van der Waals surface area (Å²) in [5.41, 5.74) is 3.31. The molecule has 0 atom stereocenters. The summed E-state index contributed by atoms with van der Waals surface area (Å²) >= 11 is 0. The second-order valence-electron chi connectivity index (χ2n) is 7.68. The molecule has 178 valence electrons. The van der Waals surface area contributed by atoms with Crippen molar-refractivity contribution in [2.24, 2.45) is 0 Å². The molecule has 7 nitrogen and oxygen atoms in total. The van der Waals surface area contributed by atoms with E-state index in [0.29, 0.717) is 39.8 Å². The highest BCUT2D eigenvalue weighted by Gasteiger charge is 2.26. The highest BCUT2D eigenvalue weighted by atomic mass is 16.6. The van der Waals surface area contributed by atoms with Crippen LogP contribution in [-0.4, -0.2) is 32.7 Å². The van der Waals surface area contributed by atoms with Gasteiger partial charge in [-0.05, 0) is 36.8 Å². The predicted octanol–water partition coefficient (Wildman–Crippen LogP) is 5.73. The van der Waals surface area contributed by atoms with Gasteiger partial charge in [-0.25, -0.2) is 4.79 Å². The number of methoxy groups -OCH3 is 2. The van der Waals surface area contributed by atoms with Crippen molar-refractivity contribution in [3.63, 3.8) is 0 Å². The van der Waals surface area contributed by atoms with E-state index in [1.807, 2.05) is 54.6 Å². The largest absolute Gasteiger partial charge is 0.497 e. The summed E-state index contributed by atoms with van der Waals surface area (Å²) in [5, 5.41) is 2.92. The maximum Gasteiger partial charge on any atom is 0.343 e. The number of esters is 1. The lowest BCUT2D eigenvalue weighted by Crippen LogP contribution is -2.14. The Labute approximate surface area is 203 Å². The quantitative estimate of drug-likeness (QED) is 0.330. The van der Waals surface area contributed by atoms with Crippen molar-refractivity contribution < 1.29 is 28.2 Å². The number of anilines is 1. The lowest BCUT2D eigenvalue weighted by Gasteiger charge is -2.10. The Morgan fingerprint density at radius 2 is 1.60 bits per heavy atom. The third kappa shape index (κ3) is 5.35. The number of carbonyl (C=O) groups excluding carboxylic acids is 2. The van der Waals surface area contributed by atoms with Gasteiger partial charge in [-0.3, -0.25) is 4.79 Å². The molecule has 35 heavy (non-hydrogen) atoms. The molecule has 0 saturated carbocycles. The molecule has 1 heterocycles. The first kappa shape index (κ1) is 23.6. The van der Waals surface area contributed by atoms with E-state index < -0.39 is 5.97 Å². The van der Waals surface area contributed by atoms with Crippen LogP contribution >= 0.6 is 0 Å². The Morgan fingerprint density at radius 3 is 2.29 bits per heavy atom. The number of hydrogen-bond acceptors (Lipinski definition) is 6. The molecule has 0 unspecified atom stereocenters. The Balaban J connectivity index is 1.70. The van der Waals surface area contributed by atoms with Gasteiger partial charge in [-0.15, -0.1) is 0 Å². The van der Waals surface area contributed by atoms with Crippen molar-refractivity contribution in [1.82, 2.24) is 0 Å². The maximum atomic E-state index is 13.5. The van der Waals surface area contributed by atoms with Gasteiger partial charge in [0.15, 0.2) is 6.61 Å². The molecule has 4 aromatic rings. The van der Waals surface area contributed by atoms with Crippen LogP contribution in [0.4, 0.5) is 5.69 Å². The molecular weight excluding hydrogens is 446 g/mol. The van der Waals surface area contributed by atoms with E-state index in [2.05, 4.69) is 10.1 Å². The molecule has 0 aliphatic heterocycles. The van der Waals surface area contributed by atoms with E-state index in [-0.39, 0.29) is 12.5 Å².